The first-order valence-electron chi connectivity index (χ1n) is 6.41. The van der Waals surface area contributed by atoms with Crippen LogP contribution >= 0.6 is 0 Å². The zero-order valence-corrected chi connectivity index (χ0v) is 11.0. The Bertz CT molecular complexity index is 447. The number of carbonyl (C=O) groups is 1. The molecule has 1 aliphatic rings. The van der Waals surface area contributed by atoms with Crippen LogP contribution in [0.3, 0.4) is 0 Å². The van der Waals surface area contributed by atoms with Gasteiger partial charge in [-0.25, -0.2) is 0 Å². The van der Waals surface area contributed by atoms with E-state index in [4.69, 9.17) is 9.84 Å². The number of carboxylic acid groups (broad SMARTS) is 1. The lowest BCUT2D eigenvalue weighted by atomic mass is 9.74. The van der Waals surface area contributed by atoms with E-state index in [9.17, 15) is 4.79 Å². The van der Waals surface area contributed by atoms with Crippen LogP contribution in [0, 0.1) is 13.8 Å². The van der Waals surface area contributed by atoms with Gasteiger partial charge in [0.25, 0.3) is 0 Å². The first-order valence-corrected chi connectivity index (χ1v) is 6.41. The van der Waals surface area contributed by atoms with E-state index in [1.54, 1.807) is 0 Å². The smallest absolute Gasteiger partial charge is 0.303 e. The Balaban J connectivity index is 2.11. The van der Waals surface area contributed by atoms with Crippen LogP contribution < -0.4 is 0 Å². The van der Waals surface area contributed by atoms with E-state index in [-0.39, 0.29) is 11.8 Å². The molecule has 1 fully saturated rings. The highest BCUT2D eigenvalue weighted by Gasteiger charge is 2.39. The molecule has 0 saturated carbocycles. The summed E-state index contributed by atoms with van der Waals surface area (Å²) >= 11 is 0. The summed E-state index contributed by atoms with van der Waals surface area (Å²) in [6.07, 6.45) is 1.85. The van der Waals surface area contributed by atoms with E-state index in [0.29, 0.717) is 6.42 Å². The lowest BCUT2D eigenvalue weighted by molar-refractivity contribution is -0.137. The van der Waals surface area contributed by atoms with Gasteiger partial charge in [-0.2, -0.15) is 0 Å². The predicted octanol–water partition coefficient (Wildman–Crippen LogP) is 2.83. The van der Waals surface area contributed by atoms with Crippen molar-refractivity contribution in [2.75, 3.05) is 13.2 Å². The second-order valence-electron chi connectivity index (χ2n) is 5.32. The van der Waals surface area contributed by atoms with Crippen LogP contribution in [0.5, 0.6) is 0 Å². The van der Waals surface area contributed by atoms with E-state index >= 15 is 0 Å². The van der Waals surface area contributed by atoms with Crippen molar-refractivity contribution in [1.29, 1.82) is 0 Å². The average molecular weight is 248 g/mol. The summed E-state index contributed by atoms with van der Waals surface area (Å²) in [5.41, 5.74) is 3.92. The number of carboxylic acids is 1. The monoisotopic (exact) mass is 248 g/mol. The second kappa shape index (κ2) is 5.11. The number of rotatable bonds is 5. The van der Waals surface area contributed by atoms with Gasteiger partial charge in [-0.3, -0.25) is 4.79 Å². The average Bonchev–Trinajstić information content (AvgIpc) is 2.26. The van der Waals surface area contributed by atoms with Gasteiger partial charge in [-0.15, -0.1) is 0 Å². The SMILES string of the molecule is Cc1ccc(C2(CCCC(=O)O)COC2)cc1C. The summed E-state index contributed by atoms with van der Waals surface area (Å²) in [5.74, 6) is -0.717. The Kier molecular flexibility index (Phi) is 3.71. The summed E-state index contributed by atoms with van der Waals surface area (Å²) in [5, 5.41) is 8.72. The van der Waals surface area contributed by atoms with Crippen LogP contribution in [-0.4, -0.2) is 24.3 Å². The summed E-state index contributed by atoms with van der Waals surface area (Å²) in [7, 11) is 0. The van der Waals surface area contributed by atoms with Gasteiger partial charge in [-0.05, 0) is 43.4 Å². The summed E-state index contributed by atoms with van der Waals surface area (Å²) in [6.45, 7) is 5.65. The zero-order chi connectivity index (χ0) is 13.2. The summed E-state index contributed by atoms with van der Waals surface area (Å²) in [4.78, 5) is 10.6. The minimum Gasteiger partial charge on any atom is -0.481 e. The van der Waals surface area contributed by atoms with Gasteiger partial charge < -0.3 is 9.84 Å². The van der Waals surface area contributed by atoms with E-state index in [1.807, 2.05) is 0 Å². The lowest BCUT2D eigenvalue weighted by Gasteiger charge is -2.42. The van der Waals surface area contributed by atoms with Gasteiger partial charge >= 0.3 is 5.97 Å². The molecule has 1 heterocycles. The molecule has 0 aromatic heterocycles. The van der Waals surface area contributed by atoms with Crippen molar-refractivity contribution in [3.05, 3.63) is 34.9 Å². The Morgan fingerprint density at radius 2 is 2.06 bits per heavy atom. The van der Waals surface area contributed by atoms with Crippen LogP contribution in [-0.2, 0) is 14.9 Å². The zero-order valence-electron chi connectivity index (χ0n) is 11.0. The maximum Gasteiger partial charge on any atom is 0.303 e. The molecule has 1 saturated heterocycles. The van der Waals surface area contributed by atoms with Gasteiger partial charge in [0.05, 0.1) is 13.2 Å². The molecule has 2 rings (SSSR count). The summed E-state index contributed by atoms with van der Waals surface area (Å²) in [6, 6.07) is 6.52. The molecule has 0 radical (unpaired) electrons. The molecule has 0 spiro atoms. The fourth-order valence-corrected chi connectivity index (χ4v) is 2.45. The highest BCUT2D eigenvalue weighted by atomic mass is 16.5. The molecular formula is C15H20O3. The van der Waals surface area contributed by atoms with Gasteiger partial charge in [0.1, 0.15) is 0 Å². The van der Waals surface area contributed by atoms with Crippen molar-refractivity contribution in [2.24, 2.45) is 0 Å². The summed E-state index contributed by atoms with van der Waals surface area (Å²) < 4.78 is 5.37. The standard InChI is InChI=1S/C15H20O3/c1-11-5-6-13(8-12(11)2)15(9-18-10-15)7-3-4-14(16)17/h5-6,8H,3-4,7,9-10H2,1-2H3,(H,16,17). The van der Waals surface area contributed by atoms with Crippen LogP contribution in [0.4, 0.5) is 0 Å². The van der Waals surface area contributed by atoms with Crippen molar-refractivity contribution in [3.63, 3.8) is 0 Å². The van der Waals surface area contributed by atoms with Crippen LogP contribution in [0.2, 0.25) is 0 Å². The number of hydrogen-bond donors (Lipinski definition) is 1. The molecule has 18 heavy (non-hydrogen) atoms. The molecule has 1 aliphatic heterocycles. The maximum absolute atomic E-state index is 10.6. The molecule has 0 bridgehead atoms. The largest absolute Gasteiger partial charge is 0.481 e. The van der Waals surface area contributed by atoms with Crippen LogP contribution in [0.1, 0.15) is 36.0 Å². The fourth-order valence-electron chi connectivity index (χ4n) is 2.45. The highest BCUT2D eigenvalue weighted by molar-refractivity contribution is 5.66. The first-order chi connectivity index (χ1) is 8.53. The molecule has 0 atom stereocenters. The number of benzene rings is 1. The minimum atomic E-state index is -0.717. The topological polar surface area (TPSA) is 46.5 Å². The number of ether oxygens (including phenoxy) is 1. The fraction of sp³-hybridized carbons (Fsp3) is 0.533. The van der Waals surface area contributed by atoms with Gasteiger partial charge in [0.15, 0.2) is 0 Å². The van der Waals surface area contributed by atoms with Crippen molar-refractivity contribution in [1.82, 2.24) is 0 Å². The van der Waals surface area contributed by atoms with E-state index < -0.39 is 5.97 Å². The molecule has 0 aliphatic carbocycles. The van der Waals surface area contributed by atoms with Gasteiger partial charge in [0, 0.05) is 11.8 Å². The lowest BCUT2D eigenvalue weighted by Crippen LogP contribution is -2.46. The molecule has 0 amide bonds. The molecule has 3 nitrogen and oxygen atoms in total. The molecule has 3 heteroatoms. The number of aliphatic carboxylic acids is 1. The van der Waals surface area contributed by atoms with E-state index in [0.717, 1.165) is 19.6 Å². The van der Waals surface area contributed by atoms with Crippen LogP contribution in [0.25, 0.3) is 0 Å². The van der Waals surface area contributed by atoms with E-state index in [1.165, 1.54) is 16.7 Å². The Hall–Kier alpha value is -1.35. The Morgan fingerprint density at radius 3 is 2.56 bits per heavy atom. The Labute approximate surface area is 108 Å². The normalized spacial score (nSPS) is 17.2. The van der Waals surface area contributed by atoms with E-state index in [2.05, 4.69) is 32.0 Å². The molecule has 0 unspecified atom stereocenters. The molecule has 1 N–H and O–H groups in total. The molecule has 98 valence electrons. The van der Waals surface area contributed by atoms with Crippen LogP contribution in [0.15, 0.2) is 18.2 Å². The van der Waals surface area contributed by atoms with Crippen molar-refractivity contribution in [3.8, 4) is 0 Å². The second-order valence-corrected chi connectivity index (χ2v) is 5.32. The number of aryl methyl sites for hydroxylation is 2. The van der Waals surface area contributed by atoms with Gasteiger partial charge in [0.2, 0.25) is 0 Å². The van der Waals surface area contributed by atoms with Crippen molar-refractivity contribution >= 4 is 5.97 Å². The van der Waals surface area contributed by atoms with Crippen molar-refractivity contribution < 1.29 is 14.6 Å². The molecular weight excluding hydrogens is 228 g/mol. The third kappa shape index (κ3) is 2.56. The molecule has 1 aromatic carbocycles. The van der Waals surface area contributed by atoms with Gasteiger partial charge in [-0.1, -0.05) is 18.2 Å². The number of hydrogen-bond acceptors (Lipinski definition) is 2. The highest BCUT2D eigenvalue weighted by Crippen LogP contribution is 2.37. The third-order valence-corrected chi connectivity index (χ3v) is 3.92. The quantitative estimate of drug-likeness (QED) is 0.871. The predicted molar refractivity (Wildman–Crippen MR) is 69.9 cm³/mol. The third-order valence-electron chi connectivity index (χ3n) is 3.92. The molecule has 1 aromatic rings. The minimum absolute atomic E-state index is 0.0495. The maximum atomic E-state index is 10.6. The Morgan fingerprint density at radius 1 is 1.33 bits per heavy atom. The first kappa shape index (κ1) is 13.1. The van der Waals surface area contributed by atoms with Crippen molar-refractivity contribution in [2.45, 2.75) is 38.5 Å².